The highest BCUT2D eigenvalue weighted by Gasteiger charge is 2.20. The Balaban J connectivity index is 2.06. The molecule has 0 saturated carbocycles. The van der Waals surface area contributed by atoms with E-state index in [1.165, 1.54) is 0 Å². The van der Waals surface area contributed by atoms with E-state index in [-0.39, 0.29) is 18.6 Å². The van der Waals surface area contributed by atoms with Crippen molar-refractivity contribution in [2.75, 3.05) is 33.9 Å². The molecular weight excluding hydrogens is 284 g/mol. The zero-order valence-electron chi connectivity index (χ0n) is 13.2. The number of nitrogens with zero attached hydrogens (tertiary/aromatic N) is 1. The first-order chi connectivity index (χ1) is 10.6. The molecule has 0 bridgehead atoms. The monoisotopic (exact) mass is 308 g/mol. The fourth-order valence-corrected chi connectivity index (χ4v) is 2.72. The molecule has 1 saturated heterocycles. The topological polar surface area (TPSA) is 74.0 Å². The number of hydrogen-bond donors (Lipinski definition) is 1. The van der Waals surface area contributed by atoms with Gasteiger partial charge in [0, 0.05) is 19.7 Å². The van der Waals surface area contributed by atoms with Crippen molar-refractivity contribution < 1.29 is 19.0 Å². The molecule has 1 atom stereocenters. The lowest BCUT2D eigenvalue weighted by Gasteiger charge is -2.24. The summed E-state index contributed by atoms with van der Waals surface area (Å²) >= 11 is 0. The van der Waals surface area contributed by atoms with Gasteiger partial charge in [0.1, 0.15) is 0 Å². The first-order valence-corrected chi connectivity index (χ1v) is 7.45. The van der Waals surface area contributed by atoms with Crippen molar-refractivity contribution in [3.8, 4) is 11.5 Å². The van der Waals surface area contributed by atoms with Gasteiger partial charge >= 0.3 is 0 Å². The summed E-state index contributed by atoms with van der Waals surface area (Å²) < 4.78 is 16.2. The second kappa shape index (κ2) is 8.00. The number of rotatable bonds is 8. The Morgan fingerprint density at radius 3 is 2.73 bits per heavy atom. The molecule has 1 heterocycles. The van der Waals surface area contributed by atoms with Crippen molar-refractivity contribution in [1.82, 2.24) is 4.90 Å². The van der Waals surface area contributed by atoms with Crippen LogP contribution in [0.4, 0.5) is 0 Å². The van der Waals surface area contributed by atoms with E-state index in [1.54, 1.807) is 14.2 Å². The predicted molar refractivity (Wildman–Crippen MR) is 83.0 cm³/mol. The molecule has 0 aromatic heterocycles. The lowest BCUT2D eigenvalue weighted by molar-refractivity contribution is -0.119. The van der Waals surface area contributed by atoms with Gasteiger partial charge in [0.25, 0.3) is 0 Å². The minimum absolute atomic E-state index is 0.180. The van der Waals surface area contributed by atoms with Crippen LogP contribution in [0.3, 0.4) is 0 Å². The standard InChI is InChI=1S/C16H24N2O4/c1-20-14-6-5-12(8-15(14)21-2)9-18(11-16(17)19)10-13-4-3-7-22-13/h5-6,8,13H,3-4,7,9-11H2,1-2H3,(H2,17,19). The zero-order valence-corrected chi connectivity index (χ0v) is 13.2. The molecule has 1 aliphatic heterocycles. The van der Waals surface area contributed by atoms with E-state index in [0.717, 1.165) is 25.0 Å². The van der Waals surface area contributed by atoms with Crippen LogP contribution in [0.15, 0.2) is 18.2 Å². The summed E-state index contributed by atoms with van der Waals surface area (Å²) in [7, 11) is 3.21. The molecule has 6 heteroatoms. The molecule has 1 amide bonds. The number of ether oxygens (including phenoxy) is 3. The van der Waals surface area contributed by atoms with Crippen molar-refractivity contribution >= 4 is 5.91 Å². The van der Waals surface area contributed by atoms with Crippen LogP contribution in [0.2, 0.25) is 0 Å². The van der Waals surface area contributed by atoms with Crippen LogP contribution >= 0.6 is 0 Å². The Kier molecular flexibility index (Phi) is 6.03. The van der Waals surface area contributed by atoms with Gasteiger partial charge in [-0.05, 0) is 30.5 Å². The lowest BCUT2D eigenvalue weighted by atomic mass is 10.1. The summed E-state index contributed by atoms with van der Waals surface area (Å²) in [6.07, 6.45) is 2.28. The molecule has 0 aliphatic carbocycles. The summed E-state index contributed by atoms with van der Waals surface area (Å²) in [5.41, 5.74) is 6.40. The molecule has 1 unspecified atom stereocenters. The van der Waals surface area contributed by atoms with E-state index in [0.29, 0.717) is 24.6 Å². The number of nitrogens with two attached hydrogens (primary N) is 1. The molecule has 0 spiro atoms. The molecule has 1 aromatic rings. The second-order valence-electron chi connectivity index (χ2n) is 5.46. The maximum absolute atomic E-state index is 11.3. The number of primary amides is 1. The molecule has 2 rings (SSSR count). The number of carbonyl (C=O) groups is 1. The van der Waals surface area contributed by atoms with Crippen molar-refractivity contribution in [2.24, 2.45) is 5.73 Å². The van der Waals surface area contributed by atoms with Crippen LogP contribution in [-0.4, -0.2) is 50.8 Å². The van der Waals surface area contributed by atoms with E-state index in [9.17, 15) is 4.79 Å². The van der Waals surface area contributed by atoms with Gasteiger partial charge in [-0.25, -0.2) is 0 Å². The van der Waals surface area contributed by atoms with Crippen LogP contribution in [0, 0.1) is 0 Å². The molecule has 6 nitrogen and oxygen atoms in total. The Bertz CT molecular complexity index is 501. The second-order valence-corrected chi connectivity index (χ2v) is 5.46. The van der Waals surface area contributed by atoms with E-state index in [1.807, 2.05) is 23.1 Å². The van der Waals surface area contributed by atoms with Crippen molar-refractivity contribution in [3.05, 3.63) is 23.8 Å². The zero-order chi connectivity index (χ0) is 15.9. The third-order valence-electron chi connectivity index (χ3n) is 3.72. The van der Waals surface area contributed by atoms with Crippen LogP contribution in [-0.2, 0) is 16.1 Å². The fourth-order valence-electron chi connectivity index (χ4n) is 2.72. The van der Waals surface area contributed by atoms with Gasteiger partial charge in [0.05, 0.1) is 26.9 Å². The van der Waals surface area contributed by atoms with Crippen LogP contribution < -0.4 is 15.2 Å². The van der Waals surface area contributed by atoms with E-state index in [2.05, 4.69) is 0 Å². The number of hydrogen-bond acceptors (Lipinski definition) is 5. The molecule has 1 fully saturated rings. The van der Waals surface area contributed by atoms with Gasteiger partial charge < -0.3 is 19.9 Å². The average molecular weight is 308 g/mol. The summed E-state index contributed by atoms with van der Waals surface area (Å²) in [4.78, 5) is 13.3. The number of carbonyl (C=O) groups excluding carboxylic acids is 1. The molecule has 0 radical (unpaired) electrons. The maximum atomic E-state index is 11.3. The smallest absolute Gasteiger partial charge is 0.231 e. The van der Waals surface area contributed by atoms with E-state index >= 15 is 0 Å². The van der Waals surface area contributed by atoms with Crippen LogP contribution in [0.1, 0.15) is 18.4 Å². The van der Waals surface area contributed by atoms with E-state index < -0.39 is 0 Å². The Morgan fingerprint density at radius 1 is 1.36 bits per heavy atom. The van der Waals surface area contributed by atoms with Crippen LogP contribution in [0.5, 0.6) is 11.5 Å². The van der Waals surface area contributed by atoms with Crippen LogP contribution in [0.25, 0.3) is 0 Å². The third kappa shape index (κ3) is 4.61. The molecule has 2 N–H and O–H groups in total. The summed E-state index contributed by atoms with van der Waals surface area (Å²) in [6.45, 7) is 2.33. The average Bonchev–Trinajstić information content (AvgIpc) is 2.99. The molecule has 1 aromatic carbocycles. The van der Waals surface area contributed by atoms with Gasteiger partial charge in [0.15, 0.2) is 11.5 Å². The highest BCUT2D eigenvalue weighted by Crippen LogP contribution is 2.28. The lowest BCUT2D eigenvalue weighted by Crippen LogP contribution is -2.38. The molecule has 22 heavy (non-hydrogen) atoms. The van der Waals surface area contributed by atoms with Crippen molar-refractivity contribution in [3.63, 3.8) is 0 Å². The number of methoxy groups -OCH3 is 2. The van der Waals surface area contributed by atoms with Gasteiger partial charge in [-0.2, -0.15) is 0 Å². The third-order valence-corrected chi connectivity index (χ3v) is 3.72. The quantitative estimate of drug-likeness (QED) is 0.780. The normalized spacial score (nSPS) is 17.7. The first kappa shape index (κ1) is 16.6. The highest BCUT2D eigenvalue weighted by molar-refractivity contribution is 5.75. The van der Waals surface area contributed by atoms with Crippen molar-refractivity contribution in [1.29, 1.82) is 0 Å². The predicted octanol–water partition coefficient (Wildman–Crippen LogP) is 1.17. The van der Waals surface area contributed by atoms with Gasteiger partial charge in [-0.1, -0.05) is 6.07 Å². The number of amides is 1. The molecule has 1 aliphatic rings. The maximum Gasteiger partial charge on any atom is 0.231 e. The van der Waals surface area contributed by atoms with E-state index in [4.69, 9.17) is 19.9 Å². The SMILES string of the molecule is COc1ccc(CN(CC(N)=O)CC2CCCO2)cc1OC. The summed E-state index contributed by atoms with van der Waals surface area (Å²) in [5.74, 6) is 1.03. The van der Waals surface area contributed by atoms with Gasteiger partial charge in [-0.3, -0.25) is 9.69 Å². The summed E-state index contributed by atoms with van der Waals surface area (Å²) in [6, 6.07) is 5.75. The Morgan fingerprint density at radius 2 is 2.14 bits per heavy atom. The first-order valence-electron chi connectivity index (χ1n) is 7.45. The Labute approximate surface area is 131 Å². The van der Waals surface area contributed by atoms with Gasteiger partial charge in [-0.15, -0.1) is 0 Å². The summed E-state index contributed by atoms with van der Waals surface area (Å²) in [5, 5.41) is 0. The van der Waals surface area contributed by atoms with Crippen molar-refractivity contribution in [2.45, 2.75) is 25.5 Å². The van der Waals surface area contributed by atoms with Gasteiger partial charge in [0.2, 0.25) is 5.91 Å². The molecule has 122 valence electrons. The number of benzene rings is 1. The largest absolute Gasteiger partial charge is 0.493 e. The fraction of sp³-hybridized carbons (Fsp3) is 0.562. The highest BCUT2D eigenvalue weighted by atomic mass is 16.5. The molecular formula is C16H24N2O4. The Hall–Kier alpha value is -1.79. The minimum Gasteiger partial charge on any atom is -0.493 e. The minimum atomic E-state index is -0.335.